The van der Waals surface area contributed by atoms with E-state index >= 15 is 0 Å². The second kappa shape index (κ2) is 7.09. The van der Waals surface area contributed by atoms with Gasteiger partial charge in [0.2, 0.25) is 0 Å². The average molecular weight is 367 g/mol. The molecule has 1 fully saturated rings. The smallest absolute Gasteiger partial charge is 0.388 e. The second-order valence-electron chi connectivity index (χ2n) is 6.01. The maximum absolute atomic E-state index is 12.2. The topological polar surface area (TPSA) is 89.0 Å². The number of amides is 1. The molecule has 0 bridgehead atoms. The quantitative estimate of drug-likeness (QED) is 0.691. The van der Waals surface area contributed by atoms with E-state index in [0.717, 1.165) is 29.2 Å². The van der Waals surface area contributed by atoms with Crippen LogP contribution >= 0.6 is 11.3 Å². The summed E-state index contributed by atoms with van der Waals surface area (Å²) in [4.78, 5) is 25.1. The first-order valence-electron chi connectivity index (χ1n) is 8.27. The maximum Gasteiger partial charge on any atom is 0.419 e. The molecule has 132 valence electrons. The molecule has 0 saturated heterocycles. The Morgan fingerprint density at radius 1 is 1.23 bits per heavy atom. The summed E-state index contributed by atoms with van der Waals surface area (Å²) in [6, 6.07) is 9.11. The van der Waals surface area contributed by atoms with Crippen molar-refractivity contribution in [2.45, 2.75) is 25.7 Å². The molecule has 26 heavy (non-hydrogen) atoms. The molecule has 0 radical (unpaired) electrons. The van der Waals surface area contributed by atoms with Gasteiger partial charge in [-0.25, -0.2) is 14.8 Å². The van der Waals surface area contributed by atoms with Gasteiger partial charge >= 0.3 is 6.09 Å². The molecule has 7 nitrogen and oxygen atoms in total. The van der Waals surface area contributed by atoms with Gasteiger partial charge in [-0.3, -0.25) is 10.3 Å². The molecular weight excluding hydrogens is 350 g/mol. The molecule has 3 heterocycles. The fraction of sp³-hybridized carbons (Fsp3) is 0.222. The SMILES string of the molecule is Cc1cccc(NC(=O)Oc2nc(C3CC3)sc2Nc2cccnc2)n1. The lowest BCUT2D eigenvalue weighted by Gasteiger charge is -2.07. The largest absolute Gasteiger partial charge is 0.419 e. The van der Waals surface area contributed by atoms with Gasteiger partial charge in [-0.2, -0.15) is 0 Å². The number of hydrogen-bond acceptors (Lipinski definition) is 7. The Hall–Kier alpha value is -3.00. The van der Waals surface area contributed by atoms with Crippen molar-refractivity contribution in [2.24, 2.45) is 0 Å². The highest BCUT2D eigenvalue weighted by atomic mass is 32.1. The predicted octanol–water partition coefficient (Wildman–Crippen LogP) is 4.47. The first kappa shape index (κ1) is 16.5. The normalized spacial score (nSPS) is 13.3. The fourth-order valence-corrected chi connectivity index (χ4v) is 3.46. The van der Waals surface area contributed by atoms with Gasteiger partial charge in [0.05, 0.1) is 11.9 Å². The third kappa shape index (κ3) is 3.97. The molecule has 0 atom stereocenters. The number of thiazole rings is 1. The molecule has 0 unspecified atom stereocenters. The lowest BCUT2D eigenvalue weighted by Crippen LogP contribution is -2.18. The highest BCUT2D eigenvalue weighted by Gasteiger charge is 2.29. The number of nitrogens with one attached hydrogen (secondary N) is 2. The van der Waals surface area contributed by atoms with E-state index < -0.39 is 6.09 Å². The number of aryl methyl sites for hydroxylation is 1. The summed E-state index contributed by atoms with van der Waals surface area (Å²) >= 11 is 1.51. The number of ether oxygens (including phenoxy) is 1. The molecule has 1 amide bonds. The minimum atomic E-state index is -0.620. The number of nitrogens with zero attached hydrogens (tertiary/aromatic N) is 3. The Labute approximate surface area is 154 Å². The molecule has 3 aromatic heterocycles. The van der Waals surface area contributed by atoms with Crippen molar-refractivity contribution in [1.82, 2.24) is 15.0 Å². The van der Waals surface area contributed by atoms with Crippen LogP contribution in [0, 0.1) is 6.92 Å². The van der Waals surface area contributed by atoms with E-state index in [1.807, 2.05) is 31.2 Å². The molecule has 1 aliphatic rings. The molecule has 2 N–H and O–H groups in total. The molecule has 8 heteroatoms. The molecule has 1 aliphatic carbocycles. The van der Waals surface area contributed by atoms with Crippen molar-refractivity contribution in [3.63, 3.8) is 0 Å². The zero-order valence-corrected chi connectivity index (χ0v) is 14.9. The van der Waals surface area contributed by atoms with Gasteiger partial charge in [0.15, 0.2) is 5.00 Å². The van der Waals surface area contributed by atoms with Gasteiger partial charge in [-0.15, -0.1) is 0 Å². The van der Waals surface area contributed by atoms with E-state index in [0.29, 0.717) is 16.7 Å². The summed E-state index contributed by atoms with van der Waals surface area (Å²) in [7, 11) is 0. The van der Waals surface area contributed by atoms with E-state index in [2.05, 4.69) is 25.6 Å². The average Bonchev–Trinajstić information content (AvgIpc) is 3.40. The van der Waals surface area contributed by atoms with Crippen LogP contribution in [0.5, 0.6) is 5.88 Å². The van der Waals surface area contributed by atoms with Gasteiger partial charge in [-0.05, 0) is 44.0 Å². The van der Waals surface area contributed by atoms with Crippen molar-refractivity contribution in [2.75, 3.05) is 10.6 Å². The Bertz CT molecular complexity index is 924. The van der Waals surface area contributed by atoms with Crippen molar-refractivity contribution in [1.29, 1.82) is 0 Å². The van der Waals surface area contributed by atoms with Crippen molar-refractivity contribution >= 4 is 33.9 Å². The van der Waals surface area contributed by atoms with Gasteiger partial charge in [0.25, 0.3) is 5.88 Å². The lowest BCUT2D eigenvalue weighted by molar-refractivity contribution is 0.213. The van der Waals surface area contributed by atoms with Gasteiger partial charge < -0.3 is 10.1 Å². The van der Waals surface area contributed by atoms with Gasteiger partial charge in [0, 0.05) is 17.8 Å². The van der Waals surface area contributed by atoms with E-state index in [1.54, 1.807) is 18.5 Å². The van der Waals surface area contributed by atoms with E-state index in [-0.39, 0.29) is 5.88 Å². The summed E-state index contributed by atoms with van der Waals surface area (Å²) in [6.45, 7) is 1.86. The highest BCUT2D eigenvalue weighted by Crippen LogP contribution is 2.46. The van der Waals surface area contributed by atoms with Crippen molar-refractivity contribution < 1.29 is 9.53 Å². The van der Waals surface area contributed by atoms with Crippen LogP contribution in [0.15, 0.2) is 42.7 Å². The molecule has 3 aromatic rings. The zero-order chi connectivity index (χ0) is 17.9. The number of pyridine rings is 2. The lowest BCUT2D eigenvalue weighted by atomic mass is 10.4. The van der Waals surface area contributed by atoms with Crippen molar-refractivity contribution in [3.05, 3.63) is 53.4 Å². The minimum Gasteiger partial charge on any atom is -0.388 e. The minimum absolute atomic E-state index is 0.269. The van der Waals surface area contributed by atoms with Crippen LogP contribution in [-0.4, -0.2) is 21.0 Å². The third-order valence-corrected chi connectivity index (χ3v) is 4.88. The fourth-order valence-electron chi connectivity index (χ4n) is 2.37. The van der Waals surface area contributed by atoms with Crippen LogP contribution < -0.4 is 15.4 Å². The first-order chi connectivity index (χ1) is 12.7. The van der Waals surface area contributed by atoms with Crippen LogP contribution in [0.1, 0.15) is 29.5 Å². The molecule has 1 saturated carbocycles. The summed E-state index contributed by atoms with van der Waals surface area (Å²) in [5, 5.41) is 7.52. The molecule has 0 aromatic carbocycles. The standard InChI is InChI=1S/C18H17N5O2S/c1-11-4-2-6-14(20-11)22-18(24)25-15-17(21-13-5-3-9-19-10-13)26-16(23-15)12-7-8-12/h2-6,9-10,12,21H,7-8H2,1H3,(H,20,22,24). The molecule has 4 rings (SSSR count). The van der Waals surface area contributed by atoms with Gasteiger partial charge in [-0.1, -0.05) is 17.4 Å². The van der Waals surface area contributed by atoms with Crippen LogP contribution in [-0.2, 0) is 0 Å². The zero-order valence-electron chi connectivity index (χ0n) is 14.1. The summed E-state index contributed by atoms with van der Waals surface area (Å²) in [5.74, 6) is 1.17. The van der Waals surface area contributed by atoms with Crippen LogP contribution in [0.3, 0.4) is 0 Å². The highest BCUT2D eigenvalue weighted by molar-refractivity contribution is 7.16. The van der Waals surface area contributed by atoms with Crippen LogP contribution in [0.2, 0.25) is 0 Å². The molecule has 0 spiro atoms. The number of carbonyl (C=O) groups excluding carboxylic acids is 1. The summed E-state index contributed by atoms with van der Waals surface area (Å²) in [5.41, 5.74) is 1.62. The number of aromatic nitrogens is 3. The maximum atomic E-state index is 12.2. The monoisotopic (exact) mass is 367 g/mol. The number of carbonyl (C=O) groups is 1. The first-order valence-corrected chi connectivity index (χ1v) is 9.09. The summed E-state index contributed by atoms with van der Waals surface area (Å²) in [6.07, 6.45) is 5.03. The molecular formula is C18H17N5O2S. The van der Waals surface area contributed by atoms with Gasteiger partial charge in [0.1, 0.15) is 10.8 Å². The van der Waals surface area contributed by atoms with Crippen LogP contribution in [0.25, 0.3) is 0 Å². The van der Waals surface area contributed by atoms with E-state index in [4.69, 9.17) is 4.74 Å². The Morgan fingerprint density at radius 2 is 2.12 bits per heavy atom. The van der Waals surface area contributed by atoms with E-state index in [9.17, 15) is 4.79 Å². The number of rotatable bonds is 5. The third-order valence-electron chi connectivity index (χ3n) is 3.77. The number of anilines is 3. The Morgan fingerprint density at radius 3 is 2.85 bits per heavy atom. The Balaban J connectivity index is 1.51. The Kier molecular flexibility index (Phi) is 4.49. The molecule has 0 aliphatic heterocycles. The summed E-state index contributed by atoms with van der Waals surface area (Å²) < 4.78 is 5.45. The van der Waals surface area contributed by atoms with E-state index in [1.165, 1.54) is 11.3 Å². The second-order valence-corrected chi connectivity index (χ2v) is 7.04. The predicted molar refractivity (Wildman–Crippen MR) is 100 cm³/mol. The van der Waals surface area contributed by atoms with Crippen LogP contribution in [0.4, 0.5) is 21.3 Å². The number of hydrogen-bond donors (Lipinski definition) is 2. The van der Waals surface area contributed by atoms with Crippen molar-refractivity contribution in [3.8, 4) is 5.88 Å².